The molecule has 230 valence electrons. The number of hydrogen-bond donors (Lipinski definition) is 0. The molecular formula is C40H40O5. The van der Waals surface area contributed by atoms with Crippen molar-refractivity contribution in [2.75, 3.05) is 6.61 Å². The lowest BCUT2D eigenvalue weighted by atomic mass is 9.90. The van der Waals surface area contributed by atoms with Crippen molar-refractivity contribution in [2.45, 2.75) is 56.9 Å². The summed E-state index contributed by atoms with van der Waals surface area (Å²) in [4.78, 5) is 0. The maximum absolute atomic E-state index is 6.94. The van der Waals surface area contributed by atoms with E-state index < -0.39 is 30.5 Å². The Morgan fingerprint density at radius 1 is 0.400 bits per heavy atom. The van der Waals surface area contributed by atoms with Crippen LogP contribution in [0.2, 0.25) is 0 Å². The standard InChI is InChI=1S/C40H40O5/c1-6-16-31(17-7-1)26-41-30-36-38(42-27-32-18-8-2-9-19-32)40(44-29-34-22-12-4-13-23-34)39(43-28-33-20-10-3-11-21-33)37(45-36)35-24-14-5-15-25-35/h1-25,36-40H,26-30H2/t36-,37?,38-,39+,40+/m1/s1. The minimum Gasteiger partial charge on any atom is -0.374 e. The molecule has 0 N–H and O–H groups in total. The molecule has 5 nitrogen and oxygen atoms in total. The van der Waals surface area contributed by atoms with Gasteiger partial charge in [0.1, 0.15) is 30.5 Å². The highest BCUT2D eigenvalue weighted by atomic mass is 16.6. The molecule has 0 saturated carbocycles. The van der Waals surface area contributed by atoms with Crippen molar-refractivity contribution in [3.05, 3.63) is 179 Å². The molecule has 5 aromatic carbocycles. The Morgan fingerprint density at radius 2 is 0.778 bits per heavy atom. The van der Waals surface area contributed by atoms with Crippen LogP contribution in [0, 0.1) is 0 Å². The third kappa shape index (κ3) is 8.76. The molecule has 0 aromatic heterocycles. The van der Waals surface area contributed by atoms with Crippen LogP contribution in [0.15, 0.2) is 152 Å². The summed E-state index contributed by atoms with van der Waals surface area (Å²) in [7, 11) is 0. The van der Waals surface area contributed by atoms with E-state index in [0.717, 1.165) is 27.8 Å². The van der Waals surface area contributed by atoms with Gasteiger partial charge in [0.05, 0.1) is 33.0 Å². The van der Waals surface area contributed by atoms with Crippen molar-refractivity contribution in [2.24, 2.45) is 0 Å². The van der Waals surface area contributed by atoms with Gasteiger partial charge >= 0.3 is 0 Å². The first-order chi connectivity index (χ1) is 22.3. The average molecular weight is 601 g/mol. The van der Waals surface area contributed by atoms with Gasteiger partial charge in [-0.1, -0.05) is 152 Å². The molecule has 1 saturated heterocycles. The summed E-state index contributed by atoms with van der Waals surface area (Å²) in [5, 5.41) is 0. The van der Waals surface area contributed by atoms with Gasteiger partial charge in [0.25, 0.3) is 0 Å². The molecule has 1 aliphatic heterocycles. The van der Waals surface area contributed by atoms with Crippen LogP contribution in [0.5, 0.6) is 0 Å². The molecule has 0 spiro atoms. The minimum atomic E-state index is -0.453. The normalized spacial score (nSPS) is 21.4. The Balaban J connectivity index is 1.32. The number of benzene rings is 5. The largest absolute Gasteiger partial charge is 0.374 e. The van der Waals surface area contributed by atoms with E-state index in [4.69, 9.17) is 23.7 Å². The summed E-state index contributed by atoms with van der Waals surface area (Å²) in [6, 6.07) is 51.1. The van der Waals surface area contributed by atoms with E-state index in [1.807, 2.05) is 91.0 Å². The zero-order chi connectivity index (χ0) is 30.5. The quantitative estimate of drug-likeness (QED) is 0.129. The van der Waals surface area contributed by atoms with E-state index >= 15 is 0 Å². The molecule has 45 heavy (non-hydrogen) atoms. The molecule has 1 fully saturated rings. The Kier molecular flexibility index (Phi) is 11.2. The first-order valence-electron chi connectivity index (χ1n) is 15.6. The lowest BCUT2D eigenvalue weighted by molar-refractivity contribution is -0.275. The second-order valence-electron chi connectivity index (χ2n) is 11.3. The van der Waals surface area contributed by atoms with Crippen molar-refractivity contribution < 1.29 is 23.7 Å². The van der Waals surface area contributed by atoms with Gasteiger partial charge in [-0.2, -0.15) is 0 Å². The van der Waals surface area contributed by atoms with E-state index in [-0.39, 0.29) is 0 Å². The molecule has 0 amide bonds. The first-order valence-corrected chi connectivity index (χ1v) is 15.6. The average Bonchev–Trinajstić information content (AvgIpc) is 3.11. The first kappa shape index (κ1) is 30.9. The van der Waals surface area contributed by atoms with Gasteiger partial charge in [0.15, 0.2) is 0 Å². The van der Waals surface area contributed by atoms with Crippen molar-refractivity contribution in [1.82, 2.24) is 0 Å². The maximum Gasteiger partial charge on any atom is 0.117 e. The fraction of sp³-hybridized carbons (Fsp3) is 0.250. The van der Waals surface area contributed by atoms with Gasteiger partial charge in [-0.25, -0.2) is 0 Å². The molecule has 1 aliphatic rings. The summed E-state index contributed by atoms with van der Waals surface area (Å²) in [5.74, 6) is 0. The smallest absolute Gasteiger partial charge is 0.117 e. The number of ether oxygens (including phenoxy) is 5. The second-order valence-corrected chi connectivity index (χ2v) is 11.3. The van der Waals surface area contributed by atoms with E-state index in [9.17, 15) is 0 Å². The van der Waals surface area contributed by atoms with Gasteiger partial charge in [-0.15, -0.1) is 0 Å². The van der Waals surface area contributed by atoms with Crippen LogP contribution >= 0.6 is 0 Å². The number of hydrogen-bond acceptors (Lipinski definition) is 5. The monoisotopic (exact) mass is 600 g/mol. The van der Waals surface area contributed by atoms with Crippen LogP contribution in [0.4, 0.5) is 0 Å². The zero-order valence-electron chi connectivity index (χ0n) is 25.4. The van der Waals surface area contributed by atoms with Crippen LogP contribution < -0.4 is 0 Å². The summed E-state index contributed by atoms with van der Waals surface area (Å²) < 4.78 is 33.6. The topological polar surface area (TPSA) is 46.2 Å². The van der Waals surface area contributed by atoms with E-state index in [2.05, 4.69) is 60.7 Å². The summed E-state index contributed by atoms with van der Waals surface area (Å²) >= 11 is 0. The molecule has 6 rings (SSSR count). The Hall–Kier alpha value is -4.10. The molecule has 5 atom stereocenters. The molecule has 0 bridgehead atoms. The summed E-state index contributed by atoms with van der Waals surface area (Å²) in [5.41, 5.74) is 5.38. The highest BCUT2D eigenvalue weighted by molar-refractivity contribution is 5.22. The Morgan fingerprint density at radius 3 is 1.24 bits per heavy atom. The number of rotatable bonds is 14. The van der Waals surface area contributed by atoms with Crippen molar-refractivity contribution >= 4 is 0 Å². The third-order valence-electron chi connectivity index (χ3n) is 8.01. The lowest BCUT2D eigenvalue weighted by Crippen LogP contribution is -2.58. The second kappa shape index (κ2) is 16.3. The molecule has 5 aromatic rings. The van der Waals surface area contributed by atoms with Crippen LogP contribution in [0.3, 0.4) is 0 Å². The van der Waals surface area contributed by atoms with Gasteiger partial charge in [-0.05, 0) is 27.8 Å². The highest BCUT2D eigenvalue weighted by Gasteiger charge is 2.49. The summed E-state index contributed by atoms with van der Waals surface area (Å²) in [6.07, 6.45) is -2.13. The van der Waals surface area contributed by atoms with Crippen molar-refractivity contribution in [3.63, 3.8) is 0 Å². The van der Waals surface area contributed by atoms with Crippen LogP contribution in [-0.2, 0) is 50.1 Å². The van der Waals surface area contributed by atoms with E-state index in [0.29, 0.717) is 33.0 Å². The lowest BCUT2D eigenvalue weighted by Gasteiger charge is -2.46. The minimum absolute atomic E-state index is 0.342. The molecule has 0 aliphatic carbocycles. The predicted octanol–water partition coefficient (Wildman–Crippen LogP) is 8.10. The van der Waals surface area contributed by atoms with Crippen LogP contribution in [-0.4, -0.2) is 31.0 Å². The van der Waals surface area contributed by atoms with Crippen molar-refractivity contribution in [3.8, 4) is 0 Å². The maximum atomic E-state index is 6.94. The molecule has 1 unspecified atom stereocenters. The highest BCUT2D eigenvalue weighted by Crippen LogP contribution is 2.38. The fourth-order valence-corrected chi connectivity index (χ4v) is 5.70. The van der Waals surface area contributed by atoms with Gasteiger partial charge < -0.3 is 23.7 Å². The Bertz CT molecular complexity index is 1520. The van der Waals surface area contributed by atoms with Crippen molar-refractivity contribution in [1.29, 1.82) is 0 Å². The molecule has 0 radical (unpaired) electrons. The van der Waals surface area contributed by atoms with Gasteiger partial charge in [0.2, 0.25) is 0 Å². The fourth-order valence-electron chi connectivity index (χ4n) is 5.70. The summed E-state index contributed by atoms with van der Waals surface area (Å²) in [6.45, 7) is 2.07. The molecule has 5 heteroatoms. The van der Waals surface area contributed by atoms with E-state index in [1.54, 1.807) is 0 Å². The molecule has 1 heterocycles. The van der Waals surface area contributed by atoms with Crippen LogP contribution in [0.25, 0.3) is 0 Å². The Labute approximate surface area is 266 Å². The predicted molar refractivity (Wildman–Crippen MR) is 175 cm³/mol. The van der Waals surface area contributed by atoms with Crippen LogP contribution in [0.1, 0.15) is 33.9 Å². The SMILES string of the molecule is c1ccc(COC[C@H]2OC(c3ccccc3)[C@H](OCc3ccccc3)[C@@H](OCc3ccccc3)[C@@H]2OCc2ccccc2)cc1. The zero-order valence-corrected chi connectivity index (χ0v) is 25.4. The third-order valence-corrected chi connectivity index (χ3v) is 8.01. The molecular weight excluding hydrogens is 560 g/mol. The van der Waals surface area contributed by atoms with Gasteiger partial charge in [0, 0.05) is 0 Å². The van der Waals surface area contributed by atoms with E-state index in [1.165, 1.54) is 0 Å². The van der Waals surface area contributed by atoms with Gasteiger partial charge in [-0.3, -0.25) is 0 Å².